The molecule has 29 heavy (non-hydrogen) atoms. The molecule has 0 spiro atoms. The Labute approximate surface area is 170 Å². The molecule has 11 heteroatoms. The van der Waals surface area contributed by atoms with Crippen LogP contribution in [0.4, 0.5) is 0 Å². The van der Waals surface area contributed by atoms with E-state index in [0.717, 1.165) is 0 Å². The number of hydrogen-bond acceptors (Lipinski definition) is 8. The van der Waals surface area contributed by atoms with Gasteiger partial charge < -0.3 is 40.7 Å². The zero-order chi connectivity index (χ0) is 22.0. The first kappa shape index (κ1) is 25.2. The molecule has 168 valence electrons. The van der Waals surface area contributed by atoms with E-state index < -0.39 is 36.2 Å². The summed E-state index contributed by atoms with van der Waals surface area (Å²) in [5.41, 5.74) is 5.85. The van der Waals surface area contributed by atoms with Crippen molar-refractivity contribution in [2.75, 3.05) is 39.4 Å². The fourth-order valence-electron chi connectivity index (χ4n) is 2.99. The minimum atomic E-state index is -1.48. The number of aliphatic carboxylic acids is 1. The van der Waals surface area contributed by atoms with Crippen molar-refractivity contribution in [3.05, 3.63) is 0 Å². The number of β-amino-alcohol motifs (C(OH)–C–C–N with tert-alkyl or cyclic N) is 1. The maximum atomic E-state index is 12.6. The van der Waals surface area contributed by atoms with E-state index in [-0.39, 0.29) is 45.0 Å². The molecule has 1 aliphatic rings. The number of ether oxygens (including phenoxy) is 1. The lowest BCUT2D eigenvalue weighted by atomic mass is 10.1. The summed E-state index contributed by atoms with van der Waals surface area (Å²) >= 11 is 0. The number of nitrogens with two attached hydrogens (primary N) is 1. The van der Waals surface area contributed by atoms with E-state index in [1.807, 2.05) is 0 Å². The van der Waals surface area contributed by atoms with Crippen LogP contribution < -0.4 is 5.73 Å². The monoisotopic (exact) mass is 419 g/mol. The van der Waals surface area contributed by atoms with Crippen LogP contribution in [0.2, 0.25) is 0 Å². The first-order chi connectivity index (χ1) is 13.6. The van der Waals surface area contributed by atoms with Gasteiger partial charge >= 0.3 is 5.97 Å². The van der Waals surface area contributed by atoms with Gasteiger partial charge in [0.1, 0.15) is 18.3 Å². The highest BCUT2D eigenvalue weighted by atomic mass is 16.5. The van der Waals surface area contributed by atoms with Crippen LogP contribution >= 0.6 is 0 Å². The summed E-state index contributed by atoms with van der Waals surface area (Å²) in [7, 11) is 0. The lowest BCUT2D eigenvalue weighted by Gasteiger charge is -2.32. The Kier molecular flexibility index (Phi) is 11.1. The Morgan fingerprint density at radius 1 is 1.07 bits per heavy atom. The molecular weight excluding hydrogens is 386 g/mol. The Morgan fingerprint density at radius 2 is 1.72 bits per heavy atom. The van der Waals surface area contributed by atoms with E-state index >= 15 is 0 Å². The number of carboxylic acid groups (broad SMARTS) is 1. The van der Waals surface area contributed by atoms with Crippen LogP contribution in [0.15, 0.2) is 0 Å². The fraction of sp³-hybridized carbons (Fsp3) is 0.833. The third-order valence-electron chi connectivity index (χ3n) is 4.83. The number of hydrogen-bond donors (Lipinski definition) is 5. The van der Waals surface area contributed by atoms with E-state index in [2.05, 4.69) is 0 Å². The molecule has 11 nitrogen and oxygen atoms in total. The second kappa shape index (κ2) is 12.7. The predicted molar refractivity (Wildman–Crippen MR) is 102 cm³/mol. The quantitative estimate of drug-likeness (QED) is 0.337. The van der Waals surface area contributed by atoms with Crippen molar-refractivity contribution in [2.45, 2.75) is 57.0 Å². The van der Waals surface area contributed by atoms with Gasteiger partial charge in [-0.2, -0.15) is 0 Å². The molecule has 0 radical (unpaired) electrons. The fourth-order valence-corrected chi connectivity index (χ4v) is 2.99. The third-order valence-corrected chi connectivity index (χ3v) is 4.83. The first-order valence-electron chi connectivity index (χ1n) is 9.77. The van der Waals surface area contributed by atoms with Crippen LogP contribution in [0.25, 0.3) is 0 Å². The number of aliphatic hydroxyl groups excluding tert-OH is 3. The predicted octanol–water partition coefficient (Wildman–Crippen LogP) is -2.25. The summed E-state index contributed by atoms with van der Waals surface area (Å²) in [6.07, 6.45) is -3.21. The molecule has 1 aliphatic heterocycles. The number of carbonyl (C=O) groups excluding carboxylic acids is 2. The normalized spacial score (nSPS) is 26.4. The molecule has 4 atom stereocenters. The summed E-state index contributed by atoms with van der Waals surface area (Å²) in [4.78, 5) is 38.0. The number of carbonyl (C=O) groups is 3. The highest BCUT2D eigenvalue weighted by molar-refractivity contribution is 5.82. The molecule has 1 heterocycles. The summed E-state index contributed by atoms with van der Waals surface area (Å²) in [6.45, 7) is 1.80. The number of amides is 2. The van der Waals surface area contributed by atoms with Crippen molar-refractivity contribution in [2.24, 2.45) is 5.73 Å². The second-order valence-corrected chi connectivity index (χ2v) is 7.24. The Bertz CT molecular complexity index is 547. The van der Waals surface area contributed by atoms with Crippen molar-refractivity contribution in [3.63, 3.8) is 0 Å². The number of carboxylic acids is 1. The molecule has 0 aromatic carbocycles. The molecule has 0 aromatic heterocycles. The van der Waals surface area contributed by atoms with Gasteiger partial charge in [0.2, 0.25) is 11.8 Å². The number of rotatable bonds is 4. The molecule has 0 unspecified atom stereocenters. The van der Waals surface area contributed by atoms with Crippen LogP contribution in [-0.2, 0) is 19.1 Å². The van der Waals surface area contributed by atoms with Crippen LogP contribution in [0, 0.1) is 0 Å². The summed E-state index contributed by atoms with van der Waals surface area (Å²) in [5, 5.41) is 38.8. The lowest BCUT2D eigenvalue weighted by molar-refractivity contribution is -0.139. The molecular formula is C18H33N3O8. The number of nitrogens with zero attached hydrogens (tertiary/aromatic N) is 2. The molecule has 0 saturated carbocycles. The maximum absolute atomic E-state index is 12.6. The van der Waals surface area contributed by atoms with Gasteiger partial charge in [0, 0.05) is 46.1 Å². The van der Waals surface area contributed by atoms with Crippen molar-refractivity contribution in [1.29, 1.82) is 0 Å². The van der Waals surface area contributed by atoms with Crippen LogP contribution in [0.1, 0.15) is 32.6 Å². The highest BCUT2D eigenvalue weighted by Gasteiger charge is 2.29. The van der Waals surface area contributed by atoms with Gasteiger partial charge in [-0.3, -0.25) is 14.4 Å². The van der Waals surface area contributed by atoms with E-state index in [9.17, 15) is 29.7 Å². The molecule has 0 aliphatic carbocycles. The summed E-state index contributed by atoms with van der Waals surface area (Å²) in [5.74, 6) is -1.81. The Hall–Kier alpha value is -1.79. The zero-order valence-electron chi connectivity index (χ0n) is 16.8. The van der Waals surface area contributed by atoms with Gasteiger partial charge in [-0.1, -0.05) is 0 Å². The average molecular weight is 419 g/mol. The summed E-state index contributed by atoms with van der Waals surface area (Å²) < 4.78 is 5.30. The average Bonchev–Trinajstić information content (AvgIpc) is 2.67. The SMILES string of the molecule is CC(=O)N1CCN(C(=O)[C@@H](N)CCC(=O)O)CCCCOC[C@@H](O)[C@H](O)[C@@H](O)C1. The maximum Gasteiger partial charge on any atom is 0.303 e. The van der Waals surface area contributed by atoms with Crippen molar-refractivity contribution in [3.8, 4) is 0 Å². The van der Waals surface area contributed by atoms with Crippen LogP contribution in [0.3, 0.4) is 0 Å². The largest absolute Gasteiger partial charge is 0.481 e. The minimum Gasteiger partial charge on any atom is -0.481 e. The smallest absolute Gasteiger partial charge is 0.303 e. The van der Waals surface area contributed by atoms with Crippen molar-refractivity contribution < 1.29 is 39.5 Å². The van der Waals surface area contributed by atoms with E-state index in [4.69, 9.17) is 15.6 Å². The van der Waals surface area contributed by atoms with Crippen molar-refractivity contribution >= 4 is 17.8 Å². The molecule has 6 N–H and O–H groups in total. The Morgan fingerprint density at radius 3 is 2.34 bits per heavy atom. The molecule has 0 aromatic rings. The van der Waals surface area contributed by atoms with E-state index in [1.165, 1.54) is 16.7 Å². The van der Waals surface area contributed by atoms with Gasteiger partial charge in [-0.25, -0.2) is 0 Å². The second-order valence-electron chi connectivity index (χ2n) is 7.24. The van der Waals surface area contributed by atoms with Crippen LogP contribution in [0.5, 0.6) is 0 Å². The molecule has 1 rings (SSSR count). The minimum absolute atomic E-state index is 0.00694. The van der Waals surface area contributed by atoms with Crippen LogP contribution in [-0.4, -0.2) is 112 Å². The lowest BCUT2D eigenvalue weighted by Crippen LogP contribution is -2.51. The standard InChI is InChI=1S/C18H33N3O8/c1-12(22)21-8-7-20(18(28)13(19)4-5-16(25)26)6-2-3-9-29-11-15(24)17(27)14(23)10-21/h13-15,17,23-24,27H,2-11,19H2,1H3,(H,25,26)/t13-,14-,15+,17+/m0/s1. The van der Waals surface area contributed by atoms with Gasteiger partial charge in [0.15, 0.2) is 0 Å². The first-order valence-corrected chi connectivity index (χ1v) is 9.77. The van der Waals surface area contributed by atoms with Gasteiger partial charge in [-0.05, 0) is 19.3 Å². The highest BCUT2D eigenvalue weighted by Crippen LogP contribution is 2.09. The molecule has 1 saturated heterocycles. The summed E-state index contributed by atoms with van der Waals surface area (Å²) in [6, 6.07) is -0.963. The van der Waals surface area contributed by atoms with Crippen molar-refractivity contribution in [1.82, 2.24) is 9.80 Å². The van der Waals surface area contributed by atoms with E-state index in [1.54, 1.807) is 0 Å². The molecule has 2 amide bonds. The number of aliphatic hydroxyl groups is 3. The Balaban J connectivity index is 2.86. The zero-order valence-corrected chi connectivity index (χ0v) is 16.8. The van der Waals surface area contributed by atoms with E-state index in [0.29, 0.717) is 26.0 Å². The molecule has 0 bridgehead atoms. The molecule has 1 fully saturated rings. The van der Waals surface area contributed by atoms with Gasteiger partial charge in [-0.15, -0.1) is 0 Å². The topological polar surface area (TPSA) is 174 Å². The van der Waals surface area contributed by atoms with Gasteiger partial charge in [0.25, 0.3) is 0 Å². The third kappa shape index (κ3) is 9.05. The van der Waals surface area contributed by atoms with Gasteiger partial charge in [0.05, 0.1) is 12.6 Å².